The summed E-state index contributed by atoms with van der Waals surface area (Å²) < 4.78 is 0. The first-order chi connectivity index (χ1) is 11.3. The summed E-state index contributed by atoms with van der Waals surface area (Å²) >= 11 is 0. The van der Waals surface area contributed by atoms with E-state index in [0.29, 0.717) is 0 Å². The summed E-state index contributed by atoms with van der Waals surface area (Å²) in [5.41, 5.74) is 0. The van der Waals surface area contributed by atoms with Crippen molar-refractivity contribution in [2.45, 2.75) is 136 Å². The highest BCUT2D eigenvalue weighted by Gasteiger charge is 1.90. The molecule has 23 heavy (non-hydrogen) atoms. The van der Waals surface area contributed by atoms with Crippen molar-refractivity contribution in [2.24, 2.45) is 0 Å². The average Bonchev–Trinajstić information content (AvgIpc) is 2.57. The van der Waals surface area contributed by atoms with E-state index in [1.165, 1.54) is 116 Å². The summed E-state index contributed by atoms with van der Waals surface area (Å²) in [4.78, 5) is 0. The van der Waals surface area contributed by atoms with Crippen molar-refractivity contribution in [3.05, 3.63) is 12.7 Å². The number of rotatable bonds is 17. The molecule has 0 atom stereocenters. The molecule has 0 saturated heterocycles. The van der Waals surface area contributed by atoms with Crippen LogP contribution in [0.15, 0.2) is 12.7 Å². The minimum Gasteiger partial charge on any atom is -0.103 e. The van der Waals surface area contributed by atoms with E-state index in [1.54, 1.807) is 0 Å². The summed E-state index contributed by atoms with van der Waals surface area (Å²) in [6, 6.07) is 0. The van der Waals surface area contributed by atoms with E-state index in [2.05, 4.69) is 27.4 Å². The minimum atomic E-state index is 1.20. The number of hydrogen-bond acceptors (Lipinski definition) is 0. The first-order valence-electron chi connectivity index (χ1n) is 10.9. The van der Waals surface area contributed by atoms with Crippen molar-refractivity contribution < 1.29 is 0 Å². The van der Waals surface area contributed by atoms with Gasteiger partial charge in [-0.3, -0.25) is 0 Å². The van der Waals surface area contributed by atoms with Crippen LogP contribution >= 0.6 is 0 Å². The van der Waals surface area contributed by atoms with E-state index in [4.69, 9.17) is 0 Å². The normalized spacial score (nSPS) is 10.2. The summed E-state index contributed by atoms with van der Waals surface area (Å²) in [6.07, 6.45) is 27.5. The van der Waals surface area contributed by atoms with E-state index in [1.807, 2.05) is 6.08 Å². The van der Waals surface area contributed by atoms with Gasteiger partial charge in [-0.15, -0.1) is 6.58 Å². The molecule has 0 amide bonds. The van der Waals surface area contributed by atoms with Gasteiger partial charge in [-0.2, -0.15) is 0 Å². The topological polar surface area (TPSA) is 0 Å². The Bertz CT molecular complexity index is 172. The molecule has 0 aromatic rings. The molecule has 0 heterocycles. The molecule has 0 aromatic carbocycles. The van der Waals surface area contributed by atoms with E-state index in [-0.39, 0.29) is 0 Å². The van der Waals surface area contributed by atoms with Crippen LogP contribution < -0.4 is 0 Å². The second-order valence-corrected chi connectivity index (χ2v) is 7.03. The van der Waals surface area contributed by atoms with Crippen LogP contribution in [0.1, 0.15) is 136 Å². The van der Waals surface area contributed by atoms with Gasteiger partial charge in [0.15, 0.2) is 0 Å². The molecule has 0 saturated carbocycles. The van der Waals surface area contributed by atoms with Gasteiger partial charge in [0.1, 0.15) is 0 Å². The highest BCUT2D eigenvalue weighted by atomic mass is 14.0. The van der Waals surface area contributed by atoms with Crippen molar-refractivity contribution in [3.8, 4) is 0 Å². The largest absolute Gasteiger partial charge is 0.103 e. The van der Waals surface area contributed by atoms with Crippen LogP contribution in [0.3, 0.4) is 0 Å². The van der Waals surface area contributed by atoms with Crippen LogP contribution in [0.5, 0.6) is 0 Å². The maximum absolute atomic E-state index is 3.71. The molecule has 0 unspecified atom stereocenters. The first kappa shape index (κ1) is 25.0. The fourth-order valence-corrected chi connectivity index (χ4v) is 2.81. The van der Waals surface area contributed by atoms with Gasteiger partial charge in [0.2, 0.25) is 0 Å². The third-order valence-corrected chi connectivity index (χ3v) is 4.47. The van der Waals surface area contributed by atoms with Crippen LogP contribution in [-0.4, -0.2) is 0 Å². The minimum absolute atomic E-state index is 1.20. The van der Waals surface area contributed by atoms with Crippen molar-refractivity contribution in [1.82, 2.24) is 0 Å². The van der Waals surface area contributed by atoms with Gasteiger partial charge in [0.05, 0.1) is 0 Å². The zero-order valence-corrected chi connectivity index (χ0v) is 17.0. The Kier molecular flexibility index (Phi) is 28.9. The number of hydrogen-bond donors (Lipinski definition) is 0. The van der Waals surface area contributed by atoms with E-state index in [0.717, 1.165) is 0 Å². The summed E-state index contributed by atoms with van der Waals surface area (Å²) in [5, 5.41) is 0. The highest BCUT2D eigenvalue weighted by molar-refractivity contribution is 4.65. The Hall–Kier alpha value is -0.260. The third-order valence-electron chi connectivity index (χ3n) is 4.47. The Morgan fingerprint density at radius 2 is 0.696 bits per heavy atom. The van der Waals surface area contributed by atoms with E-state index in [9.17, 15) is 0 Å². The monoisotopic (exact) mass is 324 g/mol. The van der Waals surface area contributed by atoms with Crippen LogP contribution in [0, 0.1) is 0 Å². The summed E-state index contributed by atoms with van der Waals surface area (Å²) in [5.74, 6) is 0. The Morgan fingerprint density at radius 3 is 0.957 bits per heavy atom. The molecule has 0 fully saturated rings. The molecule has 0 aliphatic heterocycles. The molecule has 0 aromatic heterocycles. The van der Waals surface area contributed by atoms with Crippen molar-refractivity contribution in [3.63, 3.8) is 0 Å². The zero-order valence-electron chi connectivity index (χ0n) is 17.0. The van der Waals surface area contributed by atoms with Crippen molar-refractivity contribution in [2.75, 3.05) is 0 Å². The molecular formula is C23H48. The van der Waals surface area contributed by atoms with Gasteiger partial charge >= 0.3 is 0 Å². The van der Waals surface area contributed by atoms with Crippen LogP contribution in [0.4, 0.5) is 0 Å². The lowest BCUT2D eigenvalue weighted by Crippen LogP contribution is -1.80. The Labute approximate surface area is 149 Å². The molecule has 0 N–H and O–H groups in total. The summed E-state index contributed by atoms with van der Waals surface area (Å²) in [6.45, 7) is 10.5. The van der Waals surface area contributed by atoms with E-state index >= 15 is 0 Å². The third kappa shape index (κ3) is 30.2. The molecule has 0 bridgehead atoms. The molecular weight excluding hydrogens is 276 g/mol. The molecule has 0 spiro atoms. The quantitative estimate of drug-likeness (QED) is 0.185. The van der Waals surface area contributed by atoms with Crippen LogP contribution in [0.25, 0.3) is 0 Å². The maximum atomic E-state index is 3.71. The molecule has 0 radical (unpaired) electrons. The van der Waals surface area contributed by atoms with Gasteiger partial charge in [-0.25, -0.2) is 0 Å². The predicted molar refractivity (Wildman–Crippen MR) is 110 cm³/mol. The van der Waals surface area contributed by atoms with Gasteiger partial charge in [-0.1, -0.05) is 130 Å². The van der Waals surface area contributed by atoms with Gasteiger partial charge in [0.25, 0.3) is 0 Å². The molecule has 140 valence electrons. The van der Waals surface area contributed by atoms with E-state index < -0.39 is 0 Å². The number of unbranched alkanes of at least 4 members (excludes halogenated alkanes) is 16. The first-order valence-corrected chi connectivity index (χ1v) is 10.9. The highest BCUT2D eigenvalue weighted by Crippen LogP contribution is 2.10. The maximum Gasteiger partial charge on any atom is -0.0353 e. The zero-order chi connectivity index (χ0) is 17.4. The lowest BCUT2D eigenvalue weighted by Gasteiger charge is -1.99. The van der Waals surface area contributed by atoms with Gasteiger partial charge < -0.3 is 0 Å². The Morgan fingerprint density at radius 1 is 0.435 bits per heavy atom. The molecule has 0 nitrogen and oxygen atoms in total. The smallest absolute Gasteiger partial charge is 0.0353 e. The molecule has 0 rings (SSSR count). The molecule has 0 aliphatic carbocycles. The molecule has 0 aliphatic rings. The van der Waals surface area contributed by atoms with Gasteiger partial charge in [-0.05, 0) is 12.8 Å². The lowest BCUT2D eigenvalue weighted by molar-refractivity contribution is 0.562. The fourth-order valence-electron chi connectivity index (χ4n) is 2.81. The molecule has 0 heteroatoms. The number of allylic oxidation sites excluding steroid dienone is 1. The predicted octanol–water partition coefficient (Wildman–Crippen LogP) is 9.24. The summed E-state index contributed by atoms with van der Waals surface area (Å²) in [7, 11) is 0. The standard InChI is InChI=1S/C12H26.C11H22/c1-3-5-7-9-11-12-10-8-6-4-2;1-3-5-7-9-11-10-8-6-4-2/h3-12H2,1-2H3;3H,1,4-11H2,2H3. The lowest BCUT2D eigenvalue weighted by atomic mass is 10.1. The van der Waals surface area contributed by atoms with Gasteiger partial charge in [0, 0.05) is 0 Å². The van der Waals surface area contributed by atoms with Crippen LogP contribution in [0.2, 0.25) is 0 Å². The second kappa shape index (κ2) is 26.6. The van der Waals surface area contributed by atoms with Crippen molar-refractivity contribution in [1.29, 1.82) is 0 Å². The average molecular weight is 325 g/mol. The Balaban J connectivity index is 0. The van der Waals surface area contributed by atoms with Crippen molar-refractivity contribution >= 4 is 0 Å². The fraction of sp³-hybridized carbons (Fsp3) is 0.913. The van der Waals surface area contributed by atoms with Crippen LogP contribution in [-0.2, 0) is 0 Å². The SMILES string of the molecule is C=CCCCCCCCCC.CCCCCCCCCCCC. The second-order valence-electron chi connectivity index (χ2n) is 7.03.